The SMILES string of the molecule is COC(=O)C(CCO[Si](c1ccccc1)(c1ccccc1)C(C)(C)C)NC(=O)OC(C)(C)C. The lowest BCUT2D eigenvalue weighted by molar-refractivity contribution is -0.143. The normalized spacial score (nSPS) is 13.2. The van der Waals surface area contributed by atoms with Gasteiger partial charge in [-0.2, -0.15) is 0 Å². The number of rotatable bonds is 8. The second-order valence-electron chi connectivity index (χ2n) is 10.0. The summed E-state index contributed by atoms with van der Waals surface area (Å²) in [6, 6.07) is 19.7. The number of hydrogen-bond donors (Lipinski definition) is 1. The quantitative estimate of drug-likeness (QED) is 0.465. The van der Waals surface area contributed by atoms with Crippen LogP contribution in [0.4, 0.5) is 4.79 Å². The molecule has 7 heteroatoms. The molecule has 1 N–H and O–H groups in total. The van der Waals surface area contributed by atoms with Crippen LogP contribution in [0.5, 0.6) is 0 Å². The Hall–Kier alpha value is -2.64. The standard InChI is InChI=1S/C26H37NO5Si/c1-25(2,3)32-24(29)27-22(23(28)30-7)18-19-31-33(26(4,5)6,20-14-10-8-11-15-20)21-16-12-9-13-17-21/h8-17,22H,18-19H2,1-7H3,(H,27,29). The minimum absolute atomic E-state index is 0.185. The molecule has 2 aromatic carbocycles. The highest BCUT2D eigenvalue weighted by molar-refractivity contribution is 6.99. The van der Waals surface area contributed by atoms with Crippen LogP contribution >= 0.6 is 0 Å². The zero-order valence-electron chi connectivity index (χ0n) is 20.8. The van der Waals surface area contributed by atoms with Crippen LogP contribution in [0, 0.1) is 0 Å². The third kappa shape index (κ3) is 6.92. The summed E-state index contributed by atoms with van der Waals surface area (Å²) in [7, 11) is -1.43. The third-order valence-electron chi connectivity index (χ3n) is 5.32. The van der Waals surface area contributed by atoms with Crippen LogP contribution in [0.2, 0.25) is 5.04 Å². The van der Waals surface area contributed by atoms with E-state index in [9.17, 15) is 9.59 Å². The fraction of sp³-hybridized carbons (Fsp3) is 0.462. The fourth-order valence-corrected chi connectivity index (χ4v) is 8.51. The van der Waals surface area contributed by atoms with Gasteiger partial charge in [0.2, 0.25) is 0 Å². The van der Waals surface area contributed by atoms with Gasteiger partial charge in [-0.15, -0.1) is 0 Å². The molecule has 0 spiro atoms. The van der Waals surface area contributed by atoms with E-state index in [4.69, 9.17) is 13.9 Å². The summed E-state index contributed by atoms with van der Waals surface area (Å²) in [5.74, 6) is -0.535. The molecule has 0 aliphatic carbocycles. The number of carbonyl (C=O) groups is 2. The molecule has 180 valence electrons. The number of alkyl carbamates (subject to hydrolysis) is 1. The summed E-state index contributed by atoms with van der Waals surface area (Å²) in [6.45, 7) is 12.1. The highest BCUT2D eigenvalue weighted by Gasteiger charge is 2.50. The van der Waals surface area contributed by atoms with E-state index in [2.05, 4.69) is 50.4 Å². The monoisotopic (exact) mass is 471 g/mol. The van der Waals surface area contributed by atoms with Crippen molar-refractivity contribution < 1.29 is 23.5 Å². The van der Waals surface area contributed by atoms with Crippen molar-refractivity contribution in [3.05, 3.63) is 60.7 Å². The smallest absolute Gasteiger partial charge is 0.408 e. The lowest BCUT2D eigenvalue weighted by atomic mass is 10.2. The van der Waals surface area contributed by atoms with Crippen molar-refractivity contribution in [2.45, 2.75) is 64.6 Å². The third-order valence-corrected chi connectivity index (χ3v) is 10.4. The molecular formula is C26H37NO5Si. The second kappa shape index (κ2) is 11.0. The van der Waals surface area contributed by atoms with Gasteiger partial charge in [0.05, 0.1) is 7.11 Å². The molecule has 0 saturated carbocycles. The van der Waals surface area contributed by atoms with Gasteiger partial charge in [0, 0.05) is 13.0 Å². The van der Waals surface area contributed by atoms with Gasteiger partial charge < -0.3 is 19.2 Å². The van der Waals surface area contributed by atoms with Crippen molar-refractivity contribution >= 4 is 30.8 Å². The molecule has 0 aliphatic heterocycles. The molecular weight excluding hydrogens is 434 g/mol. The maximum Gasteiger partial charge on any atom is 0.408 e. The molecule has 0 heterocycles. The molecule has 0 fully saturated rings. The predicted octanol–water partition coefficient (Wildman–Crippen LogP) is 4.02. The first kappa shape index (κ1) is 26.6. The number of esters is 1. The molecule has 0 bridgehead atoms. The van der Waals surface area contributed by atoms with Crippen LogP contribution in [0.15, 0.2) is 60.7 Å². The Morgan fingerprint density at radius 3 is 1.76 bits per heavy atom. The van der Waals surface area contributed by atoms with Gasteiger partial charge in [-0.3, -0.25) is 0 Å². The van der Waals surface area contributed by atoms with Crippen LogP contribution in [-0.4, -0.2) is 45.7 Å². The average Bonchev–Trinajstić information content (AvgIpc) is 2.74. The summed E-state index contributed by atoms with van der Waals surface area (Å²) in [5, 5.41) is 4.75. The van der Waals surface area contributed by atoms with Crippen LogP contribution < -0.4 is 15.7 Å². The number of hydrogen-bond acceptors (Lipinski definition) is 5. The number of methoxy groups -OCH3 is 1. The molecule has 1 amide bonds. The fourth-order valence-electron chi connectivity index (χ4n) is 3.93. The van der Waals surface area contributed by atoms with E-state index >= 15 is 0 Å². The van der Waals surface area contributed by atoms with Crippen molar-refractivity contribution in [2.24, 2.45) is 0 Å². The van der Waals surface area contributed by atoms with Gasteiger partial charge >= 0.3 is 12.1 Å². The van der Waals surface area contributed by atoms with Crippen LogP contribution in [0.3, 0.4) is 0 Å². The van der Waals surface area contributed by atoms with E-state index < -0.39 is 32.0 Å². The van der Waals surface area contributed by atoms with Gasteiger partial charge in [0.25, 0.3) is 8.32 Å². The molecule has 0 aliphatic rings. The van der Waals surface area contributed by atoms with Gasteiger partial charge in [-0.05, 0) is 36.2 Å². The zero-order valence-corrected chi connectivity index (χ0v) is 21.8. The molecule has 0 aromatic heterocycles. The lowest BCUT2D eigenvalue weighted by Gasteiger charge is -2.43. The number of ether oxygens (including phenoxy) is 2. The maximum absolute atomic E-state index is 12.4. The first-order chi connectivity index (χ1) is 15.4. The van der Waals surface area contributed by atoms with Crippen LogP contribution in [0.25, 0.3) is 0 Å². The average molecular weight is 472 g/mol. The summed E-state index contributed by atoms with van der Waals surface area (Å²) in [6.07, 6.45) is -0.403. The van der Waals surface area contributed by atoms with Gasteiger partial charge in [0.1, 0.15) is 11.6 Å². The molecule has 0 saturated heterocycles. The van der Waals surface area contributed by atoms with Crippen LogP contribution in [-0.2, 0) is 18.7 Å². The molecule has 33 heavy (non-hydrogen) atoms. The van der Waals surface area contributed by atoms with E-state index in [1.807, 2.05) is 36.4 Å². The Bertz CT molecular complexity index is 864. The summed E-state index contributed by atoms with van der Waals surface area (Å²) in [4.78, 5) is 24.6. The van der Waals surface area contributed by atoms with E-state index in [1.165, 1.54) is 7.11 Å². The van der Waals surface area contributed by atoms with Crippen molar-refractivity contribution in [2.75, 3.05) is 13.7 Å². The van der Waals surface area contributed by atoms with Gasteiger partial charge in [-0.25, -0.2) is 9.59 Å². The molecule has 1 atom stereocenters. The maximum atomic E-state index is 12.4. The van der Waals surface area contributed by atoms with E-state index in [1.54, 1.807) is 20.8 Å². The van der Waals surface area contributed by atoms with Gasteiger partial charge in [0.15, 0.2) is 0 Å². The first-order valence-electron chi connectivity index (χ1n) is 11.2. The first-order valence-corrected chi connectivity index (χ1v) is 13.1. The van der Waals surface area contributed by atoms with Crippen LogP contribution in [0.1, 0.15) is 48.0 Å². The van der Waals surface area contributed by atoms with Crippen molar-refractivity contribution in [1.29, 1.82) is 0 Å². The molecule has 2 aromatic rings. The van der Waals surface area contributed by atoms with Gasteiger partial charge in [-0.1, -0.05) is 81.4 Å². The lowest BCUT2D eigenvalue weighted by Crippen LogP contribution is -2.66. The molecule has 6 nitrogen and oxygen atoms in total. The number of amides is 1. The topological polar surface area (TPSA) is 73.9 Å². The van der Waals surface area contributed by atoms with E-state index in [-0.39, 0.29) is 18.1 Å². The summed E-state index contributed by atoms with van der Waals surface area (Å²) < 4.78 is 17.0. The minimum Gasteiger partial charge on any atom is -0.467 e. The highest BCUT2D eigenvalue weighted by atomic mass is 28.4. The second-order valence-corrected chi connectivity index (χ2v) is 14.3. The number of nitrogens with one attached hydrogen (secondary N) is 1. The Kier molecular flexibility index (Phi) is 8.86. The highest BCUT2D eigenvalue weighted by Crippen LogP contribution is 2.36. The summed E-state index contributed by atoms with van der Waals surface area (Å²) >= 11 is 0. The predicted molar refractivity (Wildman–Crippen MR) is 133 cm³/mol. The molecule has 0 radical (unpaired) electrons. The molecule has 2 rings (SSSR count). The summed E-state index contributed by atoms with van der Waals surface area (Å²) in [5.41, 5.74) is -0.670. The number of carbonyl (C=O) groups excluding carboxylic acids is 2. The van der Waals surface area contributed by atoms with Crippen molar-refractivity contribution in [1.82, 2.24) is 5.32 Å². The molecule has 1 unspecified atom stereocenters. The Labute approximate surface area is 198 Å². The van der Waals surface area contributed by atoms with E-state index in [0.717, 1.165) is 10.4 Å². The number of benzene rings is 2. The van der Waals surface area contributed by atoms with Crippen molar-refractivity contribution in [3.63, 3.8) is 0 Å². The Balaban J connectivity index is 2.33. The Morgan fingerprint density at radius 1 is 0.879 bits per heavy atom. The van der Waals surface area contributed by atoms with E-state index in [0.29, 0.717) is 0 Å². The Morgan fingerprint density at radius 2 is 1.36 bits per heavy atom. The zero-order chi connectivity index (χ0) is 24.7. The van der Waals surface area contributed by atoms with Crippen molar-refractivity contribution in [3.8, 4) is 0 Å². The largest absolute Gasteiger partial charge is 0.467 e. The minimum atomic E-state index is -2.74.